The second-order valence-corrected chi connectivity index (χ2v) is 7.74. The van der Waals surface area contributed by atoms with Gasteiger partial charge < -0.3 is 0 Å². The van der Waals surface area contributed by atoms with Crippen molar-refractivity contribution in [2.75, 3.05) is 9.80 Å². The van der Waals surface area contributed by atoms with Crippen molar-refractivity contribution in [2.45, 2.75) is 19.0 Å². The fraction of sp³-hybridized carbons (Fsp3) is 0.130. The summed E-state index contributed by atoms with van der Waals surface area (Å²) >= 11 is 12.1. The van der Waals surface area contributed by atoms with Crippen molar-refractivity contribution in [1.29, 1.82) is 0 Å². The molecule has 4 rings (SSSR count). The number of rotatable bonds is 3. The van der Waals surface area contributed by atoms with Crippen molar-refractivity contribution < 1.29 is 4.79 Å². The zero-order chi connectivity index (χ0) is 20.5. The number of urea groups is 1. The summed E-state index contributed by atoms with van der Waals surface area (Å²) in [4.78, 5) is 20.6. The first kappa shape index (κ1) is 19.3. The van der Waals surface area contributed by atoms with E-state index in [4.69, 9.17) is 29.8 Å². The fourth-order valence-electron chi connectivity index (χ4n) is 3.79. The highest BCUT2D eigenvalue weighted by molar-refractivity contribution is 6.31. The number of amides is 2. The van der Waals surface area contributed by atoms with E-state index >= 15 is 0 Å². The number of anilines is 2. The number of nitrogens with zero attached hydrogens (tertiary/aromatic N) is 3. The van der Waals surface area contributed by atoms with Crippen LogP contribution in [0.15, 0.2) is 72.8 Å². The van der Waals surface area contributed by atoms with Crippen LogP contribution in [0.5, 0.6) is 0 Å². The Morgan fingerprint density at radius 2 is 1.41 bits per heavy atom. The molecule has 1 fully saturated rings. The van der Waals surface area contributed by atoms with E-state index in [1.807, 2.05) is 49.4 Å². The predicted octanol–water partition coefficient (Wildman–Crippen LogP) is 7.12. The van der Waals surface area contributed by atoms with Gasteiger partial charge in [-0.2, -0.15) is 0 Å². The van der Waals surface area contributed by atoms with E-state index < -0.39 is 0 Å². The summed E-state index contributed by atoms with van der Waals surface area (Å²) in [5.74, 6) is 0. The Labute approximate surface area is 179 Å². The average Bonchev–Trinajstić information content (AvgIpc) is 2.99. The summed E-state index contributed by atoms with van der Waals surface area (Å²) in [6, 6.07) is 21.3. The van der Waals surface area contributed by atoms with E-state index in [1.165, 1.54) is 0 Å². The van der Waals surface area contributed by atoms with Crippen LogP contribution in [0.25, 0.3) is 4.85 Å². The van der Waals surface area contributed by atoms with Crippen LogP contribution in [-0.4, -0.2) is 12.1 Å². The largest absolute Gasteiger partial charge is 0.329 e. The van der Waals surface area contributed by atoms with Crippen molar-refractivity contribution in [1.82, 2.24) is 0 Å². The molecule has 144 valence electrons. The number of carbonyl (C=O) groups is 1. The molecular formula is C23H17Cl2N3O. The molecule has 0 unspecified atom stereocenters. The minimum atomic E-state index is -0.263. The zero-order valence-corrected chi connectivity index (χ0v) is 17.1. The van der Waals surface area contributed by atoms with Gasteiger partial charge >= 0.3 is 6.03 Å². The third kappa shape index (κ3) is 3.55. The minimum Gasteiger partial charge on any atom is -0.289 e. The molecule has 6 heteroatoms. The summed E-state index contributed by atoms with van der Waals surface area (Å²) < 4.78 is 0. The van der Waals surface area contributed by atoms with Crippen LogP contribution < -0.4 is 9.80 Å². The number of hydrogen-bond acceptors (Lipinski definition) is 1. The van der Waals surface area contributed by atoms with Crippen molar-refractivity contribution >= 4 is 46.3 Å². The Morgan fingerprint density at radius 1 is 0.862 bits per heavy atom. The molecule has 1 saturated heterocycles. The maximum atomic E-state index is 13.6. The quantitative estimate of drug-likeness (QED) is 0.413. The third-order valence-corrected chi connectivity index (χ3v) is 5.61. The molecule has 0 bridgehead atoms. The second-order valence-electron chi connectivity index (χ2n) is 6.87. The van der Waals surface area contributed by atoms with E-state index in [0.717, 1.165) is 16.9 Å². The van der Waals surface area contributed by atoms with Gasteiger partial charge in [-0.05, 0) is 61.0 Å². The zero-order valence-electron chi connectivity index (χ0n) is 15.6. The molecule has 29 heavy (non-hydrogen) atoms. The lowest BCUT2D eigenvalue weighted by molar-refractivity contribution is 0.255. The molecule has 2 amide bonds. The molecule has 0 radical (unpaired) electrons. The highest BCUT2D eigenvalue weighted by atomic mass is 35.5. The van der Waals surface area contributed by atoms with Crippen molar-refractivity contribution in [2.24, 2.45) is 0 Å². The number of hydrogen-bond donors (Lipinski definition) is 0. The summed E-state index contributed by atoms with van der Waals surface area (Å²) in [5, 5.41) is 1.22. The third-order valence-electron chi connectivity index (χ3n) is 5.10. The van der Waals surface area contributed by atoms with Crippen LogP contribution in [-0.2, 0) is 0 Å². The van der Waals surface area contributed by atoms with E-state index in [1.54, 1.807) is 40.1 Å². The molecule has 1 heterocycles. The molecule has 0 spiro atoms. The Bertz CT molecular complexity index is 1090. The Balaban J connectivity index is 1.84. The molecule has 2 atom stereocenters. The molecule has 0 aromatic heterocycles. The van der Waals surface area contributed by atoms with Crippen LogP contribution in [0.4, 0.5) is 21.9 Å². The van der Waals surface area contributed by atoms with Gasteiger partial charge in [0.25, 0.3) is 0 Å². The fourth-order valence-corrected chi connectivity index (χ4v) is 4.04. The van der Waals surface area contributed by atoms with Crippen LogP contribution in [0.1, 0.15) is 18.5 Å². The highest BCUT2D eigenvalue weighted by Gasteiger charge is 2.45. The molecule has 3 aromatic rings. The van der Waals surface area contributed by atoms with Crippen LogP contribution in [0.3, 0.4) is 0 Å². The van der Waals surface area contributed by atoms with Gasteiger partial charge in [-0.15, -0.1) is 0 Å². The summed E-state index contributed by atoms with van der Waals surface area (Å²) in [6.07, 6.45) is 0. The molecule has 4 nitrogen and oxygen atoms in total. The molecule has 3 aromatic carbocycles. The maximum absolute atomic E-state index is 13.6. The summed E-state index contributed by atoms with van der Waals surface area (Å²) in [6.45, 7) is 9.35. The Kier molecular flexibility index (Phi) is 5.19. The van der Waals surface area contributed by atoms with Gasteiger partial charge in [-0.1, -0.05) is 47.5 Å². The van der Waals surface area contributed by atoms with Crippen molar-refractivity contribution in [3.05, 3.63) is 99.8 Å². The first-order valence-corrected chi connectivity index (χ1v) is 9.86. The monoisotopic (exact) mass is 421 g/mol. The first-order valence-electron chi connectivity index (χ1n) is 9.10. The van der Waals surface area contributed by atoms with Gasteiger partial charge in [0.2, 0.25) is 0 Å². The lowest BCUT2D eigenvalue weighted by Gasteiger charge is -2.26. The maximum Gasteiger partial charge on any atom is 0.329 e. The number of benzene rings is 3. The molecular weight excluding hydrogens is 405 g/mol. The number of halogens is 2. The van der Waals surface area contributed by atoms with Crippen molar-refractivity contribution in [3.63, 3.8) is 0 Å². The van der Waals surface area contributed by atoms with Crippen LogP contribution in [0.2, 0.25) is 10.0 Å². The minimum absolute atomic E-state index is 0.139. The van der Waals surface area contributed by atoms with Gasteiger partial charge in [0.15, 0.2) is 5.69 Å². The van der Waals surface area contributed by atoms with Crippen LogP contribution in [0, 0.1) is 6.57 Å². The van der Waals surface area contributed by atoms with Gasteiger partial charge in [0.05, 0.1) is 18.7 Å². The van der Waals surface area contributed by atoms with E-state index in [9.17, 15) is 4.79 Å². The SMILES string of the molecule is [C-]#[N+]c1cccc([C@H]2[C@H](C)N(c3ccc(Cl)cc3)C(=O)N2c2ccc(Cl)cc2)c1. The predicted molar refractivity (Wildman–Crippen MR) is 118 cm³/mol. The van der Waals surface area contributed by atoms with Gasteiger partial charge in [-0.25, -0.2) is 9.64 Å². The van der Waals surface area contributed by atoms with E-state index in [2.05, 4.69) is 4.85 Å². The molecule has 0 N–H and O–H groups in total. The average molecular weight is 422 g/mol. The lowest BCUT2D eigenvalue weighted by Crippen LogP contribution is -2.33. The van der Waals surface area contributed by atoms with Crippen molar-refractivity contribution in [3.8, 4) is 0 Å². The lowest BCUT2D eigenvalue weighted by atomic mass is 9.99. The van der Waals surface area contributed by atoms with Gasteiger partial charge in [-0.3, -0.25) is 9.80 Å². The Morgan fingerprint density at radius 3 is 1.97 bits per heavy atom. The molecule has 0 aliphatic carbocycles. The van der Waals surface area contributed by atoms with Crippen LogP contribution >= 0.6 is 23.2 Å². The van der Waals surface area contributed by atoms with Gasteiger partial charge in [0, 0.05) is 21.4 Å². The summed E-state index contributed by atoms with van der Waals surface area (Å²) in [7, 11) is 0. The molecule has 0 saturated carbocycles. The normalized spacial score (nSPS) is 18.8. The first-order chi connectivity index (χ1) is 14.0. The van der Waals surface area contributed by atoms with E-state index in [0.29, 0.717) is 15.7 Å². The molecule has 1 aliphatic rings. The topological polar surface area (TPSA) is 27.9 Å². The standard InChI is InChI=1S/C23H17Cl2N3O/c1-15-22(16-4-3-5-19(14-16)26-2)28(21-12-8-18(25)9-13-21)23(29)27(15)20-10-6-17(24)7-11-20/h3-15,22H,1H3/t15-,22+/m0/s1. The molecule has 1 aliphatic heterocycles. The van der Waals surface area contributed by atoms with E-state index in [-0.39, 0.29) is 18.1 Å². The summed E-state index contributed by atoms with van der Waals surface area (Å²) in [5.41, 5.74) is 2.98. The number of carbonyl (C=O) groups excluding carboxylic acids is 1. The Hall–Kier alpha value is -3.00. The highest BCUT2D eigenvalue weighted by Crippen LogP contribution is 2.42. The van der Waals surface area contributed by atoms with Gasteiger partial charge in [0.1, 0.15) is 0 Å². The smallest absolute Gasteiger partial charge is 0.289 e. The second kappa shape index (κ2) is 7.79.